The van der Waals surface area contributed by atoms with Gasteiger partial charge in [-0.15, -0.1) is 0 Å². The number of methoxy groups -OCH3 is 2. The maximum Gasteiger partial charge on any atom is 0.269 e. The van der Waals surface area contributed by atoms with Crippen LogP contribution >= 0.6 is 11.6 Å². The number of hydrazine groups is 1. The molecule has 6 nitrogen and oxygen atoms in total. The van der Waals surface area contributed by atoms with E-state index in [1.54, 1.807) is 38.5 Å². The fourth-order valence-electron chi connectivity index (χ4n) is 2.29. The van der Waals surface area contributed by atoms with E-state index >= 15 is 0 Å². The second kappa shape index (κ2) is 8.94. The van der Waals surface area contributed by atoms with Crippen LogP contribution in [0.15, 0.2) is 42.5 Å². The molecule has 0 saturated carbocycles. The van der Waals surface area contributed by atoms with E-state index in [9.17, 15) is 9.59 Å². The first kappa shape index (κ1) is 18.6. The summed E-state index contributed by atoms with van der Waals surface area (Å²) in [7, 11) is 3.10. The Bertz CT molecular complexity index is 764. The predicted octanol–water partition coefficient (Wildman–Crippen LogP) is 2.75. The maximum absolute atomic E-state index is 11.9. The lowest BCUT2D eigenvalue weighted by Gasteiger charge is -2.12. The predicted molar refractivity (Wildman–Crippen MR) is 94.9 cm³/mol. The molecular weight excluding hydrogens is 344 g/mol. The number of para-hydroxylation sites is 1. The second-order valence-corrected chi connectivity index (χ2v) is 5.60. The molecule has 0 saturated heterocycles. The summed E-state index contributed by atoms with van der Waals surface area (Å²) in [4.78, 5) is 23.9. The Morgan fingerprint density at radius 3 is 2.48 bits per heavy atom. The van der Waals surface area contributed by atoms with Crippen molar-refractivity contribution in [2.75, 3.05) is 14.2 Å². The molecule has 0 unspecified atom stereocenters. The molecule has 0 fully saturated rings. The van der Waals surface area contributed by atoms with Crippen LogP contribution in [0.1, 0.15) is 22.3 Å². The van der Waals surface area contributed by atoms with Crippen LogP contribution in [0.4, 0.5) is 0 Å². The van der Waals surface area contributed by atoms with Gasteiger partial charge in [0.1, 0.15) is 0 Å². The molecule has 0 atom stereocenters. The summed E-state index contributed by atoms with van der Waals surface area (Å²) in [5.41, 5.74) is 5.95. The number of benzene rings is 2. The van der Waals surface area contributed by atoms with Gasteiger partial charge in [0, 0.05) is 17.0 Å². The van der Waals surface area contributed by atoms with Crippen LogP contribution in [-0.2, 0) is 11.2 Å². The summed E-state index contributed by atoms with van der Waals surface area (Å²) in [6.45, 7) is 0. The van der Waals surface area contributed by atoms with Crippen LogP contribution in [0.2, 0.25) is 5.02 Å². The van der Waals surface area contributed by atoms with Gasteiger partial charge in [-0.25, -0.2) is 0 Å². The summed E-state index contributed by atoms with van der Waals surface area (Å²) < 4.78 is 10.6. The Hall–Kier alpha value is -2.73. The zero-order chi connectivity index (χ0) is 18.2. The molecular formula is C18H19ClN2O4. The van der Waals surface area contributed by atoms with Crippen molar-refractivity contribution in [2.24, 2.45) is 0 Å². The van der Waals surface area contributed by atoms with Gasteiger partial charge in [0.2, 0.25) is 5.91 Å². The highest BCUT2D eigenvalue weighted by atomic mass is 35.5. The Morgan fingerprint density at radius 1 is 1.04 bits per heavy atom. The smallest absolute Gasteiger partial charge is 0.269 e. The molecule has 7 heteroatoms. The number of carbonyl (C=O) groups excluding carboxylic acids is 2. The number of rotatable bonds is 6. The van der Waals surface area contributed by atoms with E-state index in [0.29, 0.717) is 28.5 Å². The first-order valence-electron chi connectivity index (χ1n) is 7.59. The molecule has 0 aromatic heterocycles. The van der Waals surface area contributed by atoms with E-state index in [1.165, 1.54) is 6.07 Å². The molecule has 2 aromatic rings. The largest absolute Gasteiger partial charge is 0.493 e. The van der Waals surface area contributed by atoms with E-state index < -0.39 is 5.91 Å². The van der Waals surface area contributed by atoms with Crippen molar-refractivity contribution in [1.29, 1.82) is 0 Å². The highest BCUT2D eigenvalue weighted by molar-refractivity contribution is 6.30. The van der Waals surface area contributed by atoms with Gasteiger partial charge in [-0.3, -0.25) is 20.4 Å². The van der Waals surface area contributed by atoms with Gasteiger partial charge in [-0.05, 0) is 36.2 Å². The Balaban J connectivity index is 1.88. The molecule has 0 aliphatic heterocycles. The molecule has 0 heterocycles. The summed E-state index contributed by atoms with van der Waals surface area (Å²) in [6, 6.07) is 11.9. The minimum absolute atomic E-state index is 0.180. The standard InChI is InChI=1S/C18H19ClN2O4/c1-24-15-8-4-5-12(17(15)25-2)9-10-16(22)20-21-18(23)13-6-3-7-14(19)11-13/h3-8,11H,9-10H2,1-2H3,(H,20,22)(H,21,23). The van der Waals surface area contributed by atoms with Gasteiger partial charge in [0.25, 0.3) is 5.91 Å². The lowest BCUT2D eigenvalue weighted by Crippen LogP contribution is -2.41. The number of hydrogen-bond acceptors (Lipinski definition) is 4. The monoisotopic (exact) mass is 362 g/mol. The van der Waals surface area contributed by atoms with Crippen molar-refractivity contribution in [3.8, 4) is 11.5 Å². The fraction of sp³-hybridized carbons (Fsp3) is 0.222. The van der Waals surface area contributed by atoms with Crippen LogP contribution in [0.25, 0.3) is 0 Å². The van der Waals surface area contributed by atoms with Crippen molar-refractivity contribution in [3.05, 3.63) is 58.6 Å². The Morgan fingerprint density at radius 2 is 1.80 bits per heavy atom. The van der Waals surface area contributed by atoms with E-state index in [4.69, 9.17) is 21.1 Å². The van der Waals surface area contributed by atoms with E-state index in [0.717, 1.165) is 5.56 Å². The molecule has 0 bridgehead atoms. The third-order valence-electron chi connectivity index (χ3n) is 3.51. The summed E-state index contributed by atoms with van der Waals surface area (Å²) >= 11 is 5.83. The van der Waals surface area contributed by atoms with Crippen LogP contribution in [0.5, 0.6) is 11.5 Å². The first-order valence-corrected chi connectivity index (χ1v) is 7.97. The van der Waals surface area contributed by atoms with Crippen LogP contribution in [-0.4, -0.2) is 26.0 Å². The van der Waals surface area contributed by atoms with Gasteiger partial charge in [-0.1, -0.05) is 29.8 Å². The van der Waals surface area contributed by atoms with Crippen molar-refractivity contribution in [3.63, 3.8) is 0 Å². The van der Waals surface area contributed by atoms with Gasteiger partial charge in [-0.2, -0.15) is 0 Å². The molecule has 132 valence electrons. The van der Waals surface area contributed by atoms with Gasteiger partial charge in [0.15, 0.2) is 11.5 Å². The topological polar surface area (TPSA) is 76.7 Å². The van der Waals surface area contributed by atoms with Gasteiger partial charge >= 0.3 is 0 Å². The highest BCUT2D eigenvalue weighted by Crippen LogP contribution is 2.31. The lowest BCUT2D eigenvalue weighted by molar-refractivity contribution is -0.121. The minimum atomic E-state index is -0.435. The normalized spacial score (nSPS) is 10.0. The molecule has 0 radical (unpaired) electrons. The van der Waals surface area contributed by atoms with Crippen LogP contribution < -0.4 is 20.3 Å². The Labute approximate surface area is 151 Å². The van der Waals surface area contributed by atoms with Crippen molar-refractivity contribution < 1.29 is 19.1 Å². The van der Waals surface area contributed by atoms with E-state index in [1.807, 2.05) is 12.1 Å². The number of hydrogen-bond donors (Lipinski definition) is 2. The molecule has 2 rings (SSSR count). The zero-order valence-electron chi connectivity index (χ0n) is 14.0. The second-order valence-electron chi connectivity index (χ2n) is 5.17. The third kappa shape index (κ3) is 5.12. The van der Waals surface area contributed by atoms with Crippen LogP contribution in [0, 0.1) is 0 Å². The number of ether oxygens (including phenoxy) is 2. The summed E-state index contributed by atoms with van der Waals surface area (Å²) in [5.74, 6) is 0.450. The number of nitrogens with one attached hydrogen (secondary N) is 2. The molecule has 2 N–H and O–H groups in total. The Kier molecular flexibility index (Phi) is 6.65. The average molecular weight is 363 g/mol. The maximum atomic E-state index is 11.9. The van der Waals surface area contributed by atoms with Gasteiger partial charge < -0.3 is 9.47 Å². The van der Waals surface area contributed by atoms with E-state index in [-0.39, 0.29) is 12.3 Å². The summed E-state index contributed by atoms with van der Waals surface area (Å²) in [5, 5.41) is 0.448. The zero-order valence-corrected chi connectivity index (χ0v) is 14.7. The number of halogens is 1. The SMILES string of the molecule is COc1cccc(CCC(=O)NNC(=O)c2cccc(Cl)c2)c1OC. The molecule has 0 aliphatic carbocycles. The molecule has 0 spiro atoms. The van der Waals surface area contributed by atoms with Crippen molar-refractivity contribution >= 4 is 23.4 Å². The number of carbonyl (C=O) groups is 2. The quantitative estimate of drug-likeness (QED) is 0.775. The fourth-order valence-corrected chi connectivity index (χ4v) is 2.48. The van der Waals surface area contributed by atoms with E-state index in [2.05, 4.69) is 10.9 Å². The molecule has 2 aromatic carbocycles. The summed E-state index contributed by atoms with van der Waals surface area (Å²) in [6.07, 6.45) is 0.624. The molecule has 25 heavy (non-hydrogen) atoms. The van der Waals surface area contributed by atoms with Crippen molar-refractivity contribution in [1.82, 2.24) is 10.9 Å². The number of aryl methyl sites for hydroxylation is 1. The van der Waals surface area contributed by atoms with Crippen LogP contribution in [0.3, 0.4) is 0 Å². The minimum Gasteiger partial charge on any atom is -0.493 e. The van der Waals surface area contributed by atoms with Crippen molar-refractivity contribution in [2.45, 2.75) is 12.8 Å². The molecule has 0 aliphatic rings. The third-order valence-corrected chi connectivity index (χ3v) is 3.74. The lowest BCUT2D eigenvalue weighted by atomic mass is 10.1. The number of amides is 2. The molecule has 2 amide bonds. The van der Waals surface area contributed by atoms with Gasteiger partial charge in [0.05, 0.1) is 14.2 Å². The first-order chi connectivity index (χ1) is 12.0. The highest BCUT2D eigenvalue weighted by Gasteiger charge is 2.12. The average Bonchev–Trinajstić information content (AvgIpc) is 2.63.